The zero-order valence-corrected chi connectivity index (χ0v) is 17.2. The molecule has 0 fully saturated rings. The van der Waals surface area contributed by atoms with Gasteiger partial charge in [-0.3, -0.25) is 14.8 Å². The average Bonchev–Trinajstić information content (AvgIpc) is 3.41. The number of nitrogens with one attached hydrogen (secondary N) is 2. The number of sulfonamides is 1. The Hall–Kier alpha value is -3.08. The first kappa shape index (κ1) is 19.2. The van der Waals surface area contributed by atoms with Gasteiger partial charge >= 0.3 is 0 Å². The van der Waals surface area contributed by atoms with Crippen molar-refractivity contribution in [2.45, 2.75) is 4.21 Å². The van der Waals surface area contributed by atoms with E-state index in [1.54, 1.807) is 29.6 Å². The van der Waals surface area contributed by atoms with Crippen LogP contribution in [0.3, 0.4) is 0 Å². The van der Waals surface area contributed by atoms with Gasteiger partial charge in [0.05, 0.1) is 0 Å². The maximum atomic E-state index is 12.6. The van der Waals surface area contributed by atoms with Gasteiger partial charge in [0.15, 0.2) is 0 Å². The highest BCUT2D eigenvalue weighted by atomic mass is 32.2. The Labute approximate surface area is 175 Å². The fourth-order valence-electron chi connectivity index (χ4n) is 2.49. The number of hydrogen-bond acceptors (Lipinski definition) is 7. The molecule has 0 saturated carbocycles. The number of benzene rings is 2. The van der Waals surface area contributed by atoms with Crippen molar-refractivity contribution < 1.29 is 13.2 Å². The number of hydrogen-bond donors (Lipinski definition) is 2. The van der Waals surface area contributed by atoms with Gasteiger partial charge in [-0.2, -0.15) is 0 Å². The van der Waals surface area contributed by atoms with E-state index in [1.807, 2.05) is 30.3 Å². The normalized spacial score (nSPS) is 11.2. The molecule has 0 aliphatic heterocycles. The molecule has 1 amide bonds. The van der Waals surface area contributed by atoms with Crippen LogP contribution in [0.4, 0.5) is 10.8 Å². The summed E-state index contributed by atoms with van der Waals surface area (Å²) in [4.78, 5) is 12.6. The first-order valence-corrected chi connectivity index (χ1v) is 11.6. The molecular formula is C19H14N4O3S3. The zero-order chi connectivity index (χ0) is 20.3. The van der Waals surface area contributed by atoms with Crippen molar-refractivity contribution in [2.75, 3.05) is 10.0 Å². The number of aromatic nitrogens is 2. The molecule has 0 atom stereocenters. The molecule has 0 bridgehead atoms. The van der Waals surface area contributed by atoms with Gasteiger partial charge in [0.2, 0.25) is 5.13 Å². The Morgan fingerprint density at radius 3 is 2.52 bits per heavy atom. The number of carbonyl (C=O) groups excluding carboxylic acids is 1. The van der Waals surface area contributed by atoms with Crippen molar-refractivity contribution in [3.63, 3.8) is 0 Å². The molecule has 0 aliphatic carbocycles. The topological polar surface area (TPSA) is 101 Å². The molecule has 0 radical (unpaired) electrons. The van der Waals surface area contributed by atoms with Gasteiger partial charge in [-0.05, 0) is 29.6 Å². The van der Waals surface area contributed by atoms with Crippen molar-refractivity contribution in [1.29, 1.82) is 0 Å². The SMILES string of the molecule is O=C(Nc1nnc(-c2ccccc2)s1)c1cccc(NS(=O)(=O)c2cccs2)c1. The molecule has 0 aliphatic rings. The van der Waals surface area contributed by atoms with Gasteiger partial charge in [-0.1, -0.05) is 53.8 Å². The summed E-state index contributed by atoms with van der Waals surface area (Å²) >= 11 is 2.38. The molecular weight excluding hydrogens is 428 g/mol. The van der Waals surface area contributed by atoms with Crippen LogP contribution in [0.5, 0.6) is 0 Å². The van der Waals surface area contributed by atoms with Gasteiger partial charge in [0.25, 0.3) is 15.9 Å². The minimum absolute atomic E-state index is 0.203. The largest absolute Gasteiger partial charge is 0.296 e. The summed E-state index contributed by atoms with van der Waals surface area (Å²) in [6.07, 6.45) is 0. The van der Waals surface area contributed by atoms with E-state index in [0.717, 1.165) is 16.9 Å². The third kappa shape index (κ3) is 4.50. The molecule has 2 heterocycles. The van der Waals surface area contributed by atoms with Gasteiger partial charge in [0, 0.05) is 16.8 Å². The van der Waals surface area contributed by atoms with Crippen LogP contribution < -0.4 is 10.0 Å². The highest BCUT2D eigenvalue weighted by molar-refractivity contribution is 7.94. The molecule has 146 valence electrons. The van der Waals surface area contributed by atoms with Gasteiger partial charge in [-0.25, -0.2) is 8.42 Å². The first-order chi connectivity index (χ1) is 14.0. The molecule has 4 aromatic rings. The van der Waals surface area contributed by atoms with Crippen molar-refractivity contribution in [2.24, 2.45) is 0 Å². The van der Waals surface area contributed by atoms with E-state index in [4.69, 9.17) is 0 Å². The molecule has 2 aromatic carbocycles. The Balaban J connectivity index is 1.49. The number of anilines is 2. The second kappa shape index (κ2) is 8.11. The number of amides is 1. The average molecular weight is 443 g/mol. The predicted molar refractivity (Wildman–Crippen MR) is 115 cm³/mol. The maximum Gasteiger partial charge on any atom is 0.271 e. The molecule has 2 aromatic heterocycles. The molecule has 10 heteroatoms. The Morgan fingerprint density at radius 2 is 1.76 bits per heavy atom. The number of nitrogens with zero attached hydrogens (tertiary/aromatic N) is 2. The minimum Gasteiger partial charge on any atom is -0.296 e. The van der Waals surface area contributed by atoms with Crippen molar-refractivity contribution in [3.8, 4) is 10.6 Å². The van der Waals surface area contributed by atoms with Gasteiger partial charge in [-0.15, -0.1) is 21.5 Å². The molecule has 7 nitrogen and oxygen atoms in total. The lowest BCUT2D eigenvalue weighted by atomic mass is 10.2. The summed E-state index contributed by atoms with van der Waals surface area (Å²) in [6.45, 7) is 0. The van der Waals surface area contributed by atoms with Crippen LogP contribution in [0.25, 0.3) is 10.6 Å². The van der Waals surface area contributed by atoms with Gasteiger partial charge in [0.1, 0.15) is 9.22 Å². The summed E-state index contributed by atoms with van der Waals surface area (Å²) in [5, 5.41) is 13.5. The Bertz CT molecular complexity index is 1240. The lowest BCUT2D eigenvalue weighted by Crippen LogP contribution is -2.14. The fraction of sp³-hybridized carbons (Fsp3) is 0. The van der Waals surface area contributed by atoms with Crippen molar-refractivity contribution in [1.82, 2.24) is 10.2 Å². The van der Waals surface area contributed by atoms with Crippen LogP contribution in [-0.2, 0) is 10.0 Å². The Kier molecular flexibility index (Phi) is 5.38. The minimum atomic E-state index is -3.68. The second-order valence-electron chi connectivity index (χ2n) is 5.85. The Morgan fingerprint density at radius 1 is 0.931 bits per heavy atom. The summed E-state index contributed by atoms with van der Waals surface area (Å²) in [6, 6.07) is 19.0. The van der Waals surface area contributed by atoms with Crippen LogP contribution in [0, 0.1) is 0 Å². The van der Waals surface area contributed by atoms with E-state index in [9.17, 15) is 13.2 Å². The standard InChI is InChI=1S/C19H14N4O3S3/c24-17(20-19-22-21-18(28-19)13-6-2-1-3-7-13)14-8-4-9-15(12-14)23-29(25,26)16-10-5-11-27-16/h1-12,23H,(H,20,22,24). The third-order valence-electron chi connectivity index (χ3n) is 3.80. The summed E-state index contributed by atoms with van der Waals surface area (Å²) in [5.41, 5.74) is 1.51. The van der Waals surface area contributed by atoms with Crippen LogP contribution in [0.1, 0.15) is 10.4 Å². The molecule has 2 N–H and O–H groups in total. The molecule has 29 heavy (non-hydrogen) atoms. The predicted octanol–water partition coefficient (Wildman–Crippen LogP) is 4.32. The molecule has 0 unspecified atom stereocenters. The molecule has 0 spiro atoms. The van der Waals surface area contributed by atoms with Crippen LogP contribution in [0.15, 0.2) is 76.3 Å². The van der Waals surface area contributed by atoms with E-state index in [2.05, 4.69) is 20.2 Å². The van der Waals surface area contributed by atoms with E-state index in [0.29, 0.717) is 21.4 Å². The zero-order valence-electron chi connectivity index (χ0n) is 14.8. The van der Waals surface area contributed by atoms with Gasteiger partial charge < -0.3 is 0 Å². The van der Waals surface area contributed by atoms with Crippen molar-refractivity contribution >= 4 is 49.4 Å². The summed E-state index contributed by atoms with van der Waals surface area (Å²) in [5.74, 6) is -0.405. The lowest BCUT2D eigenvalue weighted by molar-refractivity contribution is 0.102. The van der Waals surface area contributed by atoms with Crippen molar-refractivity contribution in [3.05, 3.63) is 77.7 Å². The first-order valence-electron chi connectivity index (χ1n) is 8.38. The molecule has 0 saturated heterocycles. The monoisotopic (exact) mass is 442 g/mol. The number of carbonyl (C=O) groups is 1. The third-order valence-corrected chi connectivity index (χ3v) is 7.47. The number of thiophene rings is 1. The molecule has 4 rings (SSSR count). The second-order valence-corrected chi connectivity index (χ2v) is 9.69. The lowest BCUT2D eigenvalue weighted by Gasteiger charge is -2.08. The summed E-state index contributed by atoms with van der Waals surface area (Å²) < 4.78 is 27.4. The van der Waals surface area contributed by atoms with E-state index < -0.39 is 15.9 Å². The highest BCUT2D eigenvalue weighted by Gasteiger charge is 2.17. The highest BCUT2D eigenvalue weighted by Crippen LogP contribution is 2.26. The fourth-order valence-corrected chi connectivity index (χ4v) is 5.27. The van der Waals surface area contributed by atoms with Crippen LogP contribution in [0.2, 0.25) is 0 Å². The van der Waals surface area contributed by atoms with Crippen LogP contribution >= 0.6 is 22.7 Å². The van der Waals surface area contributed by atoms with E-state index >= 15 is 0 Å². The van der Waals surface area contributed by atoms with Crippen LogP contribution in [-0.4, -0.2) is 24.5 Å². The number of rotatable bonds is 6. The quantitative estimate of drug-likeness (QED) is 0.463. The van der Waals surface area contributed by atoms with E-state index in [1.165, 1.54) is 23.5 Å². The summed E-state index contributed by atoms with van der Waals surface area (Å²) in [7, 11) is -3.68. The van der Waals surface area contributed by atoms with E-state index in [-0.39, 0.29) is 4.21 Å². The maximum absolute atomic E-state index is 12.6. The smallest absolute Gasteiger partial charge is 0.271 e.